The van der Waals surface area contributed by atoms with Gasteiger partial charge in [-0.3, -0.25) is 9.59 Å². The Kier molecular flexibility index (Phi) is 5.84. The standard InChI is InChI=1S/C20H22N2O4/c23-19(15-6-7-16(12-15)20(24)25)22-17-8-9-18(21-13-17)26-11-10-14-4-2-1-3-5-14/h1-5,8-9,13,15-16H,6-7,10-12H2,(H,22,23)(H,24,25)/t15-,16+/m0/s1. The second kappa shape index (κ2) is 8.47. The highest BCUT2D eigenvalue weighted by Gasteiger charge is 2.33. The Balaban J connectivity index is 1.45. The highest BCUT2D eigenvalue weighted by Crippen LogP contribution is 2.31. The van der Waals surface area contributed by atoms with Crippen molar-refractivity contribution in [2.45, 2.75) is 25.7 Å². The fourth-order valence-corrected chi connectivity index (χ4v) is 3.15. The first-order valence-corrected chi connectivity index (χ1v) is 8.78. The van der Waals surface area contributed by atoms with Gasteiger partial charge in [-0.2, -0.15) is 0 Å². The number of carboxylic acid groups (broad SMARTS) is 1. The highest BCUT2D eigenvalue weighted by atomic mass is 16.5. The van der Waals surface area contributed by atoms with Gasteiger partial charge in [0.2, 0.25) is 11.8 Å². The molecule has 6 nitrogen and oxygen atoms in total. The third-order valence-corrected chi connectivity index (χ3v) is 4.64. The average Bonchev–Trinajstić information content (AvgIpc) is 3.15. The minimum atomic E-state index is -0.820. The summed E-state index contributed by atoms with van der Waals surface area (Å²) in [4.78, 5) is 27.4. The zero-order valence-corrected chi connectivity index (χ0v) is 14.4. The molecule has 6 heteroatoms. The topological polar surface area (TPSA) is 88.5 Å². The lowest BCUT2D eigenvalue weighted by atomic mass is 10.0. The molecule has 1 aromatic carbocycles. The van der Waals surface area contributed by atoms with E-state index in [-0.39, 0.29) is 11.8 Å². The number of anilines is 1. The molecule has 0 unspecified atom stereocenters. The molecule has 1 amide bonds. The summed E-state index contributed by atoms with van der Waals surface area (Å²) in [7, 11) is 0. The van der Waals surface area contributed by atoms with Crippen molar-refractivity contribution >= 4 is 17.6 Å². The number of nitrogens with one attached hydrogen (secondary N) is 1. The van der Waals surface area contributed by atoms with Crippen LogP contribution in [0.15, 0.2) is 48.7 Å². The molecule has 26 heavy (non-hydrogen) atoms. The smallest absolute Gasteiger partial charge is 0.306 e. The number of hydrogen-bond donors (Lipinski definition) is 2. The lowest BCUT2D eigenvalue weighted by molar-refractivity contribution is -0.141. The van der Waals surface area contributed by atoms with E-state index in [0.717, 1.165) is 6.42 Å². The van der Waals surface area contributed by atoms with Crippen molar-refractivity contribution in [3.63, 3.8) is 0 Å². The van der Waals surface area contributed by atoms with E-state index in [1.165, 1.54) is 5.56 Å². The molecule has 0 radical (unpaired) electrons. The molecule has 1 aliphatic rings. The summed E-state index contributed by atoms with van der Waals surface area (Å²) in [6.07, 6.45) is 3.92. The molecule has 1 saturated carbocycles. The van der Waals surface area contributed by atoms with Crippen LogP contribution in [0.1, 0.15) is 24.8 Å². The number of carboxylic acids is 1. The zero-order chi connectivity index (χ0) is 18.4. The van der Waals surface area contributed by atoms with E-state index in [0.29, 0.717) is 37.4 Å². The zero-order valence-electron chi connectivity index (χ0n) is 14.4. The van der Waals surface area contributed by atoms with Crippen LogP contribution in [0.5, 0.6) is 5.88 Å². The number of ether oxygens (including phenoxy) is 1. The lowest BCUT2D eigenvalue weighted by Crippen LogP contribution is -2.21. The van der Waals surface area contributed by atoms with Crippen molar-refractivity contribution in [2.24, 2.45) is 11.8 Å². The number of carbonyl (C=O) groups is 2. The van der Waals surface area contributed by atoms with Crippen molar-refractivity contribution in [3.05, 3.63) is 54.2 Å². The number of pyridine rings is 1. The molecule has 0 bridgehead atoms. The van der Waals surface area contributed by atoms with Crippen LogP contribution in [0.3, 0.4) is 0 Å². The van der Waals surface area contributed by atoms with Crippen LogP contribution in [0, 0.1) is 11.8 Å². The first-order valence-electron chi connectivity index (χ1n) is 8.78. The normalized spacial score (nSPS) is 19.1. The summed E-state index contributed by atoms with van der Waals surface area (Å²) in [6, 6.07) is 13.5. The molecule has 0 aliphatic heterocycles. The van der Waals surface area contributed by atoms with Gasteiger partial charge in [-0.1, -0.05) is 30.3 Å². The number of hydrogen-bond acceptors (Lipinski definition) is 4. The van der Waals surface area contributed by atoms with Crippen LogP contribution >= 0.6 is 0 Å². The summed E-state index contributed by atoms with van der Waals surface area (Å²) in [6.45, 7) is 0.529. The van der Waals surface area contributed by atoms with Gasteiger partial charge in [-0.05, 0) is 30.9 Å². The Hall–Kier alpha value is -2.89. The summed E-state index contributed by atoms with van der Waals surface area (Å²) in [5.74, 6) is -1.12. The maximum atomic E-state index is 12.2. The maximum absolute atomic E-state index is 12.2. The fraction of sp³-hybridized carbons (Fsp3) is 0.350. The second-order valence-corrected chi connectivity index (χ2v) is 6.50. The van der Waals surface area contributed by atoms with Crippen LogP contribution < -0.4 is 10.1 Å². The van der Waals surface area contributed by atoms with E-state index in [2.05, 4.69) is 10.3 Å². The number of nitrogens with zero attached hydrogens (tertiary/aromatic N) is 1. The molecule has 1 aromatic heterocycles. The van der Waals surface area contributed by atoms with Gasteiger partial charge in [-0.15, -0.1) is 0 Å². The predicted molar refractivity (Wildman–Crippen MR) is 97.0 cm³/mol. The van der Waals surface area contributed by atoms with E-state index in [4.69, 9.17) is 9.84 Å². The molecule has 1 heterocycles. The van der Waals surface area contributed by atoms with E-state index in [9.17, 15) is 9.59 Å². The van der Waals surface area contributed by atoms with Gasteiger partial charge in [0.05, 0.1) is 24.4 Å². The Labute approximate surface area is 152 Å². The minimum absolute atomic E-state index is 0.145. The number of aliphatic carboxylic acids is 1. The number of benzene rings is 1. The summed E-state index contributed by atoms with van der Waals surface area (Å²) >= 11 is 0. The second-order valence-electron chi connectivity index (χ2n) is 6.50. The average molecular weight is 354 g/mol. The van der Waals surface area contributed by atoms with E-state index in [1.807, 2.05) is 30.3 Å². The largest absolute Gasteiger partial charge is 0.481 e. The first-order chi connectivity index (χ1) is 12.6. The third kappa shape index (κ3) is 4.81. The molecule has 1 fully saturated rings. The van der Waals surface area contributed by atoms with Crippen molar-refractivity contribution in [3.8, 4) is 5.88 Å². The van der Waals surface area contributed by atoms with E-state index in [1.54, 1.807) is 18.3 Å². The number of carbonyl (C=O) groups excluding carboxylic acids is 1. The summed E-state index contributed by atoms with van der Waals surface area (Å²) in [5, 5.41) is 11.8. The quantitative estimate of drug-likeness (QED) is 0.797. The predicted octanol–water partition coefficient (Wildman–Crippen LogP) is 3.14. The van der Waals surface area contributed by atoms with Gasteiger partial charge in [0.15, 0.2) is 0 Å². The molecular weight excluding hydrogens is 332 g/mol. The van der Waals surface area contributed by atoms with Crippen molar-refractivity contribution < 1.29 is 19.4 Å². The minimum Gasteiger partial charge on any atom is -0.481 e. The molecule has 2 aromatic rings. The van der Waals surface area contributed by atoms with Crippen LogP contribution in [0.4, 0.5) is 5.69 Å². The molecule has 1 aliphatic carbocycles. The Bertz CT molecular complexity index is 746. The number of amides is 1. The molecule has 136 valence electrons. The van der Waals surface area contributed by atoms with E-state index < -0.39 is 11.9 Å². The van der Waals surface area contributed by atoms with Crippen LogP contribution in [-0.2, 0) is 16.0 Å². The van der Waals surface area contributed by atoms with Gasteiger partial charge in [0.1, 0.15) is 0 Å². The molecule has 0 spiro atoms. The fourth-order valence-electron chi connectivity index (χ4n) is 3.15. The lowest BCUT2D eigenvalue weighted by Gasteiger charge is -2.11. The highest BCUT2D eigenvalue weighted by molar-refractivity contribution is 5.93. The maximum Gasteiger partial charge on any atom is 0.306 e. The van der Waals surface area contributed by atoms with Gasteiger partial charge in [0.25, 0.3) is 0 Å². The Morgan fingerprint density at radius 2 is 1.88 bits per heavy atom. The van der Waals surface area contributed by atoms with Gasteiger partial charge in [0, 0.05) is 18.4 Å². The monoisotopic (exact) mass is 354 g/mol. The first kappa shape index (κ1) is 17.9. The number of rotatable bonds is 7. The van der Waals surface area contributed by atoms with Crippen molar-refractivity contribution in [1.82, 2.24) is 4.98 Å². The summed E-state index contributed by atoms with van der Waals surface area (Å²) in [5.41, 5.74) is 1.79. The third-order valence-electron chi connectivity index (χ3n) is 4.64. The summed E-state index contributed by atoms with van der Waals surface area (Å²) < 4.78 is 5.62. The molecule has 2 N–H and O–H groups in total. The molecular formula is C20H22N2O4. The molecule has 3 rings (SSSR count). The van der Waals surface area contributed by atoms with Crippen LogP contribution in [0.25, 0.3) is 0 Å². The van der Waals surface area contributed by atoms with Crippen molar-refractivity contribution in [2.75, 3.05) is 11.9 Å². The Morgan fingerprint density at radius 1 is 1.12 bits per heavy atom. The number of aromatic nitrogens is 1. The molecule has 2 atom stereocenters. The van der Waals surface area contributed by atoms with Gasteiger partial charge in [-0.25, -0.2) is 4.98 Å². The van der Waals surface area contributed by atoms with Gasteiger partial charge >= 0.3 is 5.97 Å². The van der Waals surface area contributed by atoms with Gasteiger partial charge < -0.3 is 15.2 Å². The SMILES string of the molecule is O=C(O)[C@@H]1CC[C@H](C(=O)Nc2ccc(OCCc3ccccc3)nc2)C1. The van der Waals surface area contributed by atoms with Crippen LogP contribution in [-0.4, -0.2) is 28.6 Å². The van der Waals surface area contributed by atoms with Crippen LogP contribution in [0.2, 0.25) is 0 Å². The molecule has 0 saturated heterocycles. The van der Waals surface area contributed by atoms with E-state index >= 15 is 0 Å². The van der Waals surface area contributed by atoms with Crippen molar-refractivity contribution in [1.29, 1.82) is 0 Å². The Morgan fingerprint density at radius 3 is 2.54 bits per heavy atom.